The molecule has 0 amide bonds. The summed E-state index contributed by atoms with van der Waals surface area (Å²) in [6.07, 6.45) is 11.7. The van der Waals surface area contributed by atoms with Crippen LogP contribution in [0.25, 0.3) is 12.2 Å². The Morgan fingerprint density at radius 2 is 1.61 bits per heavy atom. The maximum Gasteiger partial charge on any atom is 0.0453 e. The maximum absolute atomic E-state index is 3.34. The normalized spacial score (nSPS) is 11.9. The largest absolute Gasteiger partial charge is 0.361 e. The van der Waals surface area contributed by atoms with Gasteiger partial charge in [-0.1, -0.05) is 52.8 Å². The molecule has 0 aliphatic rings. The average Bonchev–Trinajstić information content (AvgIpc) is 2.64. The van der Waals surface area contributed by atoms with Crippen LogP contribution >= 0.6 is 0 Å². The van der Waals surface area contributed by atoms with Crippen molar-refractivity contribution >= 4 is 12.2 Å². The Kier molecular flexibility index (Phi) is 7.42. The molecule has 1 rings (SSSR count). The van der Waals surface area contributed by atoms with E-state index in [2.05, 4.69) is 63.2 Å². The summed E-state index contributed by atoms with van der Waals surface area (Å²) in [6.45, 7) is 14.9. The molecule has 1 aromatic heterocycles. The highest BCUT2D eigenvalue weighted by molar-refractivity contribution is 5.65. The van der Waals surface area contributed by atoms with Gasteiger partial charge in [-0.2, -0.15) is 0 Å². The van der Waals surface area contributed by atoms with Gasteiger partial charge in [-0.15, -0.1) is 0 Å². The molecule has 0 aliphatic heterocycles. The van der Waals surface area contributed by atoms with Gasteiger partial charge in [-0.25, -0.2) is 0 Å². The number of allylic oxidation sites excluding steroid dienone is 2. The van der Waals surface area contributed by atoms with Gasteiger partial charge in [0.1, 0.15) is 0 Å². The molecule has 0 saturated carbocycles. The zero-order valence-corrected chi connectivity index (χ0v) is 13.1. The fourth-order valence-electron chi connectivity index (χ4n) is 1.88. The first-order valence-corrected chi connectivity index (χ1v) is 6.93. The van der Waals surface area contributed by atoms with Crippen molar-refractivity contribution in [1.82, 2.24) is 4.98 Å². The number of nitrogens with one attached hydrogen (secondary N) is 1. The summed E-state index contributed by atoms with van der Waals surface area (Å²) >= 11 is 0. The number of rotatable bonds is 3. The quantitative estimate of drug-likeness (QED) is 0.705. The summed E-state index contributed by atoms with van der Waals surface area (Å²) in [5.74, 6) is 0. The molecule has 1 nitrogen and oxygen atoms in total. The first kappa shape index (κ1) is 16.8. The summed E-state index contributed by atoms with van der Waals surface area (Å²) in [7, 11) is 0. The second-order valence-corrected chi connectivity index (χ2v) is 5.38. The van der Waals surface area contributed by atoms with Gasteiger partial charge < -0.3 is 4.98 Å². The molecule has 0 aliphatic carbocycles. The third-order valence-electron chi connectivity index (χ3n) is 2.43. The van der Waals surface area contributed by atoms with Gasteiger partial charge in [0.05, 0.1) is 0 Å². The minimum atomic E-state index is 0.325. The van der Waals surface area contributed by atoms with E-state index in [1.54, 1.807) is 0 Å². The van der Waals surface area contributed by atoms with Crippen molar-refractivity contribution in [3.05, 3.63) is 35.2 Å². The minimum Gasteiger partial charge on any atom is -0.361 e. The van der Waals surface area contributed by atoms with Crippen LogP contribution in [0, 0.1) is 5.41 Å². The van der Waals surface area contributed by atoms with Gasteiger partial charge in [0.15, 0.2) is 0 Å². The highest BCUT2D eigenvalue weighted by Gasteiger charge is 2.15. The molecule has 102 valence electrons. The predicted molar refractivity (Wildman–Crippen MR) is 84.7 cm³/mol. The molecular weight excluding hydrogens is 218 g/mol. The van der Waals surface area contributed by atoms with Crippen LogP contribution in [0.5, 0.6) is 0 Å². The number of hydrogen-bond donors (Lipinski definition) is 1. The monoisotopic (exact) mass is 247 g/mol. The molecule has 0 radical (unpaired) electrons. The van der Waals surface area contributed by atoms with Gasteiger partial charge in [-0.3, -0.25) is 0 Å². The Morgan fingerprint density at radius 3 is 2.06 bits per heavy atom. The third kappa shape index (κ3) is 5.39. The van der Waals surface area contributed by atoms with Crippen molar-refractivity contribution in [2.75, 3.05) is 0 Å². The summed E-state index contributed by atoms with van der Waals surface area (Å²) in [5.41, 5.74) is 4.26. The first-order valence-electron chi connectivity index (χ1n) is 6.93. The van der Waals surface area contributed by atoms with E-state index in [9.17, 15) is 0 Å². The molecule has 1 N–H and O–H groups in total. The standard InChI is InChI=1S/C15H23N.C2H6/c1-6-8-13-12(10-15(3,4)5)11-16-14(13)9-7-2;1-2/h6-9,11,16H,10H2,1-5H3;1-2H3/b8-6-,9-7-;. The smallest absolute Gasteiger partial charge is 0.0453 e. The molecule has 1 aromatic rings. The first-order chi connectivity index (χ1) is 8.48. The molecule has 1 heteroatoms. The van der Waals surface area contributed by atoms with Gasteiger partial charge in [0.2, 0.25) is 0 Å². The minimum absolute atomic E-state index is 0.325. The van der Waals surface area contributed by atoms with E-state index < -0.39 is 0 Å². The Hall–Kier alpha value is -1.24. The van der Waals surface area contributed by atoms with Crippen molar-refractivity contribution in [2.45, 2.75) is 54.9 Å². The zero-order chi connectivity index (χ0) is 14.2. The molecule has 0 unspecified atom stereocenters. The molecular formula is C17H29N. The van der Waals surface area contributed by atoms with E-state index in [-0.39, 0.29) is 0 Å². The topological polar surface area (TPSA) is 15.8 Å². The van der Waals surface area contributed by atoms with Crippen molar-refractivity contribution in [1.29, 1.82) is 0 Å². The molecule has 1 heterocycles. The average molecular weight is 247 g/mol. The second kappa shape index (κ2) is 7.97. The summed E-state index contributed by atoms with van der Waals surface area (Å²) < 4.78 is 0. The van der Waals surface area contributed by atoms with Crippen LogP contribution in [-0.2, 0) is 6.42 Å². The number of hydrogen-bond acceptors (Lipinski definition) is 0. The highest BCUT2D eigenvalue weighted by atomic mass is 14.7. The number of H-pyrrole nitrogens is 1. The fourth-order valence-corrected chi connectivity index (χ4v) is 1.88. The molecule has 0 aromatic carbocycles. The second-order valence-electron chi connectivity index (χ2n) is 5.38. The summed E-state index contributed by atoms with van der Waals surface area (Å²) in [6, 6.07) is 0. The van der Waals surface area contributed by atoms with Crippen LogP contribution in [0.3, 0.4) is 0 Å². The van der Waals surface area contributed by atoms with Gasteiger partial charge in [-0.05, 0) is 37.3 Å². The predicted octanol–water partition coefficient (Wildman–Crippen LogP) is 5.70. The molecule has 0 atom stereocenters. The van der Waals surface area contributed by atoms with Gasteiger partial charge >= 0.3 is 0 Å². The fraction of sp³-hybridized carbons (Fsp3) is 0.529. The van der Waals surface area contributed by atoms with Crippen LogP contribution in [0.4, 0.5) is 0 Å². The van der Waals surface area contributed by atoms with Crippen LogP contribution in [0.1, 0.15) is 65.3 Å². The van der Waals surface area contributed by atoms with Crippen molar-refractivity contribution < 1.29 is 0 Å². The summed E-state index contributed by atoms with van der Waals surface area (Å²) in [5, 5.41) is 0. The van der Waals surface area contributed by atoms with Crippen molar-refractivity contribution in [3.8, 4) is 0 Å². The lowest BCUT2D eigenvalue weighted by Crippen LogP contribution is -2.09. The van der Waals surface area contributed by atoms with E-state index in [0.717, 1.165) is 6.42 Å². The lowest BCUT2D eigenvalue weighted by atomic mass is 9.87. The van der Waals surface area contributed by atoms with Crippen LogP contribution in [-0.4, -0.2) is 4.98 Å². The summed E-state index contributed by atoms with van der Waals surface area (Å²) in [4.78, 5) is 3.34. The Balaban J connectivity index is 0.00000137. The Morgan fingerprint density at radius 1 is 1.06 bits per heavy atom. The third-order valence-corrected chi connectivity index (χ3v) is 2.43. The van der Waals surface area contributed by atoms with E-state index in [1.807, 2.05) is 20.8 Å². The Labute approximate surface area is 113 Å². The maximum atomic E-state index is 3.34. The number of aromatic amines is 1. The van der Waals surface area contributed by atoms with Gasteiger partial charge in [0, 0.05) is 17.5 Å². The molecule has 18 heavy (non-hydrogen) atoms. The van der Waals surface area contributed by atoms with Gasteiger partial charge in [0.25, 0.3) is 0 Å². The van der Waals surface area contributed by atoms with Crippen LogP contribution in [0.2, 0.25) is 0 Å². The lowest BCUT2D eigenvalue weighted by molar-refractivity contribution is 0.411. The zero-order valence-electron chi connectivity index (χ0n) is 13.1. The molecule has 0 bridgehead atoms. The lowest BCUT2D eigenvalue weighted by Gasteiger charge is -2.17. The van der Waals surface area contributed by atoms with Crippen LogP contribution < -0.4 is 0 Å². The number of aromatic nitrogens is 1. The molecule has 0 spiro atoms. The van der Waals surface area contributed by atoms with Crippen molar-refractivity contribution in [3.63, 3.8) is 0 Å². The highest BCUT2D eigenvalue weighted by Crippen LogP contribution is 2.26. The van der Waals surface area contributed by atoms with Crippen LogP contribution in [0.15, 0.2) is 18.3 Å². The van der Waals surface area contributed by atoms with E-state index in [0.29, 0.717) is 5.41 Å². The molecule has 0 fully saturated rings. The van der Waals surface area contributed by atoms with E-state index >= 15 is 0 Å². The van der Waals surface area contributed by atoms with E-state index in [4.69, 9.17) is 0 Å². The Bertz CT molecular complexity index is 386. The van der Waals surface area contributed by atoms with Crippen molar-refractivity contribution in [2.24, 2.45) is 5.41 Å². The SMILES string of the molecule is C/C=C\c1[nH]cc(CC(C)(C)C)c1/C=C\C.CC. The van der Waals surface area contributed by atoms with E-state index in [1.165, 1.54) is 16.8 Å². The molecule has 0 saturated heterocycles.